The Labute approximate surface area is 104 Å². The van der Waals surface area contributed by atoms with Crippen molar-refractivity contribution in [3.8, 4) is 0 Å². The summed E-state index contributed by atoms with van der Waals surface area (Å²) in [6.07, 6.45) is -0.762. The van der Waals surface area contributed by atoms with Crippen LogP contribution >= 0.6 is 0 Å². The molecule has 1 aliphatic rings. The van der Waals surface area contributed by atoms with Crippen molar-refractivity contribution in [1.82, 2.24) is 5.32 Å². The molecule has 1 aromatic carbocycles. The third-order valence-electron chi connectivity index (χ3n) is 3.11. The highest BCUT2D eigenvalue weighted by Crippen LogP contribution is 2.47. The van der Waals surface area contributed by atoms with E-state index in [9.17, 15) is 9.59 Å². The van der Waals surface area contributed by atoms with Crippen LogP contribution in [0.1, 0.15) is 17.9 Å². The number of rotatable bonds is 5. The fourth-order valence-corrected chi connectivity index (χ4v) is 1.97. The summed E-state index contributed by atoms with van der Waals surface area (Å²) in [5, 5.41) is 20.0. The molecule has 0 aromatic heterocycles. The first-order chi connectivity index (χ1) is 8.59. The number of benzene rings is 1. The summed E-state index contributed by atoms with van der Waals surface area (Å²) < 4.78 is 0. The summed E-state index contributed by atoms with van der Waals surface area (Å²) in [6.45, 7) is -0.244. The molecule has 1 aliphatic carbocycles. The maximum absolute atomic E-state index is 11.7. The van der Waals surface area contributed by atoms with E-state index in [2.05, 4.69) is 5.32 Å². The third kappa shape index (κ3) is 2.87. The summed E-state index contributed by atoms with van der Waals surface area (Å²) in [4.78, 5) is 22.1. The number of carbonyl (C=O) groups is 2. The molecule has 2 rings (SSSR count). The second kappa shape index (κ2) is 5.18. The second-order valence-corrected chi connectivity index (χ2v) is 4.46. The first kappa shape index (κ1) is 12.6. The Morgan fingerprint density at radius 3 is 2.61 bits per heavy atom. The van der Waals surface area contributed by atoms with Crippen LogP contribution in [-0.2, 0) is 9.59 Å². The zero-order valence-corrected chi connectivity index (χ0v) is 9.74. The van der Waals surface area contributed by atoms with Gasteiger partial charge < -0.3 is 15.5 Å². The normalized spacial score (nSPS) is 23.2. The van der Waals surface area contributed by atoms with Crippen molar-refractivity contribution in [1.29, 1.82) is 0 Å². The first-order valence-electron chi connectivity index (χ1n) is 5.83. The van der Waals surface area contributed by atoms with Crippen molar-refractivity contribution in [2.75, 3.05) is 6.54 Å². The standard InChI is InChI=1S/C13H15NO4/c15-11(13(17)18)7-14-12(16)10-6-9(10)8-4-2-1-3-5-8/h1-5,9-11,15H,6-7H2,(H,14,16)(H,17,18)/t9?,10?,11-/m0/s1. The zero-order chi connectivity index (χ0) is 13.1. The minimum absolute atomic E-state index is 0.103. The molecule has 3 N–H and O–H groups in total. The Kier molecular flexibility index (Phi) is 3.62. The van der Waals surface area contributed by atoms with E-state index < -0.39 is 12.1 Å². The number of hydrogen-bond donors (Lipinski definition) is 3. The molecule has 18 heavy (non-hydrogen) atoms. The molecular formula is C13H15NO4. The monoisotopic (exact) mass is 249 g/mol. The van der Waals surface area contributed by atoms with Crippen LogP contribution in [-0.4, -0.2) is 34.7 Å². The number of aliphatic carboxylic acids is 1. The lowest BCUT2D eigenvalue weighted by atomic mass is 10.1. The van der Waals surface area contributed by atoms with Gasteiger partial charge in [-0.1, -0.05) is 30.3 Å². The maximum Gasteiger partial charge on any atom is 0.334 e. The van der Waals surface area contributed by atoms with E-state index in [1.165, 1.54) is 0 Å². The highest BCUT2D eigenvalue weighted by Gasteiger charge is 2.43. The van der Waals surface area contributed by atoms with Gasteiger partial charge in [0.25, 0.3) is 0 Å². The Bertz CT molecular complexity index is 446. The Morgan fingerprint density at radius 1 is 1.33 bits per heavy atom. The van der Waals surface area contributed by atoms with Crippen molar-refractivity contribution >= 4 is 11.9 Å². The van der Waals surface area contributed by atoms with Crippen LogP contribution in [0.5, 0.6) is 0 Å². The minimum Gasteiger partial charge on any atom is -0.479 e. The lowest BCUT2D eigenvalue weighted by molar-refractivity contribution is -0.146. The molecule has 1 amide bonds. The smallest absolute Gasteiger partial charge is 0.334 e. The van der Waals surface area contributed by atoms with Gasteiger partial charge in [-0.3, -0.25) is 4.79 Å². The van der Waals surface area contributed by atoms with Gasteiger partial charge in [0.15, 0.2) is 6.10 Å². The van der Waals surface area contributed by atoms with Gasteiger partial charge in [-0.05, 0) is 17.9 Å². The maximum atomic E-state index is 11.7. The molecular weight excluding hydrogens is 234 g/mol. The van der Waals surface area contributed by atoms with E-state index in [0.29, 0.717) is 0 Å². The van der Waals surface area contributed by atoms with E-state index >= 15 is 0 Å². The highest BCUT2D eigenvalue weighted by atomic mass is 16.4. The van der Waals surface area contributed by atoms with Gasteiger partial charge >= 0.3 is 5.97 Å². The van der Waals surface area contributed by atoms with Crippen molar-refractivity contribution in [3.05, 3.63) is 35.9 Å². The Balaban J connectivity index is 1.81. The van der Waals surface area contributed by atoms with E-state index in [1.807, 2.05) is 30.3 Å². The van der Waals surface area contributed by atoms with Crippen molar-refractivity contribution in [3.63, 3.8) is 0 Å². The van der Waals surface area contributed by atoms with Gasteiger partial charge in [-0.25, -0.2) is 4.79 Å². The van der Waals surface area contributed by atoms with Crippen LogP contribution in [0.2, 0.25) is 0 Å². The Morgan fingerprint density at radius 2 is 2.00 bits per heavy atom. The van der Waals surface area contributed by atoms with E-state index in [-0.39, 0.29) is 24.3 Å². The molecule has 1 fully saturated rings. The number of nitrogens with one attached hydrogen (secondary N) is 1. The lowest BCUT2D eigenvalue weighted by Crippen LogP contribution is -2.37. The quantitative estimate of drug-likeness (QED) is 0.703. The van der Waals surface area contributed by atoms with Crippen LogP contribution < -0.4 is 5.32 Å². The molecule has 0 heterocycles. The largest absolute Gasteiger partial charge is 0.479 e. The molecule has 5 nitrogen and oxygen atoms in total. The van der Waals surface area contributed by atoms with Gasteiger partial charge in [0, 0.05) is 5.92 Å². The number of carbonyl (C=O) groups excluding carboxylic acids is 1. The van der Waals surface area contributed by atoms with Gasteiger partial charge in [-0.2, -0.15) is 0 Å². The fraction of sp³-hybridized carbons (Fsp3) is 0.385. The third-order valence-corrected chi connectivity index (χ3v) is 3.11. The topological polar surface area (TPSA) is 86.6 Å². The number of amides is 1. The predicted molar refractivity (Wildman–Crippen MR) is 63.9 cm³/mol. The van der Waals surface area contributed by atoms with Crippen molar-refractivity contribution in [2.45, 2.75) is 18.4 Å². The molecule has 0 saturated heterocycles. The van der Waals surface area contributed by atoms with E-state index in [0.717, 1.165) is 12.0 Å². The summed E-state index contributed by atoms with van der Waals surface area (Å²) in [5.74, 6) is -1.41. The first-order valence-corrected chi connectivity index (χ1v) is 5.83. The molecule has 2 unspecified atom stereocenters. The zero-order valence-electron chi connectivity index (χ0n) is 9.74. The number of hydrogen-bond acceptors (Lipinski definition) is 3. The molecule has 0 aliphatic heterocycles. The van der Waals surface area contributed by atoms with Crippen LogP contribution in [0.4, 0.5) is 0 Å². The van der Waals surface area contributed by atoms with Crippen molar-refractivity contribution < 1.29 is 19.8 Å². The number of carboxylic acid groups (broad SMARTS) is 1. The van der Waals surface area contributed by atoms with Gasteiger partial charge in [0.1, 0.15) is 0 Å². The molecule has 1 aromatic rings. The molecule has 5 heteroatoms. The van der Waals surface area contributed by atoms with E-state index in [4.69, 9.17) is 10.2 Å². The lowest BCUT2D eigenvalue weighted by Gasteiger charge is -2.07. The molecule has 0 bridgehead atoms. The number of aliphatic hydroxyl groups excluding tert-OH is 1. The second-order valence-electron chi connectivity index (χ2n) is 4.46. The predicted octanol–water partition coefficient (Wildman–Crippen LogP) is 0.352. The average molecular weight is 249 g/mol. The molecule has 96 valence electrons. The van der Waals surface area contributed by atoms with Gasteiger partial charge in [0.05, 0.1) is 6.54 Å². The fourth-order valence-electron chi connectivity index (χ4n) is 1.97. The van der Waals surface area contributed by atoms with E-state index in [1.54, 1.807) is 0 Å². The molecule has 3 atom stereocenters. The van der Waals surface area contributed by atoms with Crippen LogP contribution in [0.25, 0.3) is 0 Å². The summed E-state index contributed by atoms with van der Waals surface area (Å²) in [5.41, 5.74) is 1.12. The average Bonchev–Trinajstić information content (AvgIpc) is 3.16. The molecule has 0 spiro atoms. The SMILES string of the molecule is O=C(NC[C@H](O)C(=O)O)C1CC1c1ccccc1. The number of aliphatic hydroxyl groups is 1. The number of carboxylic acids is 1. The summed E-state index contributed by atoms with van der Waals surface area (Å²) >= 11 is 0. The van der Waals surface area contributed by atoms with Gasteiger partial charge in [0.2, 0.25) is 5.91 Å². The summed E-state index contributed by atoms with van der Waals surface area (Å²) in [7, 11) is 0. The highest BCUT2D eigenvalue weighted by molar-refractivity contribution is 5.83. The van der Waals surface area contributed by atoms with Crippen LogP contribution in [0, 0.1) is 5.92 Å². The molecule has 1 saturated carbocycles. The molecule has 0 radical (unpaired) electrons. The van der Waals surface area contributed by atoms with Crippen LogP contribution in [0.15, 0.2) is 30.3 Å². The summed E-state index contributed by atoms with van der Waals surface area (Å²) in [6, 6.07) is 9.73. The minimum atomic E-state index is -1.54. The van der Waals surface area contributed by atoms with Gasteiger partial charge in [-0.15, -0.1) is 0 Å². The Hall–Kier alpha value is -1.88. The van der Waals surface area contributed by atoms with Crippen LogP contribution in [0.3, 0.4) is 0 Å². The van der Waals surface area contributed by atoms with Crippen molar-refractivity contribution in [2.24, 2.45) is 5.92 Å².